The van der Waals surface area contributed by atoms with E-state index >= 15 is 0 Å². The molecule has 2 aliphatic rings. The average Bonchev–Trinajstić information content (AvgIpc) is 2.45. The van der Waals surface area contributed by atoms with Gasteiger partial charge in [0.15, 0.2) is 11.5 Å². The Kier molecular flexibility index (Phi) is 3.92. The molecule has 122 valence electrons. The number of aliphatic hydroxyl groups is 2. The second-order valence-corrected chi connectivity index (χ2v) is 6.33. The second kappa shape index (κ2) is 5.61. The smallest absolute Gasteiger partial charge is 0.165 e. The molecule has 1 aromatic rings. The van der Waals surface area contributed by atoms with Gasteiger partial charge >= 0.3 is 0 Å². The Morgan fingerprint density at radius 3 is 2.45 bits per heavy atom. The lowest BCUT2D eigenvalue weighted by Gasteiger charge is -2.47. The molecule has 0 amide bonds. The van der Waals surface area contributed by atoms with Crippen molar-refractivity contribution in [1.29, 1.82) is 0 Å². The Balaban J connectivity index is 2.00. The summed E-state index contributed by atoms with van der Waals surface area (Å²) >= 11 is 0. The van der Waals surface area contributed by atoms with Gasteiger partial charge in [-0.15, -0.1) is 0 Å². The maximum Gasteiger partial charge on any atom is 0.165 e. The van der Waals surface area contributed by atoms with Crippen molar-refractivity contribution in [2.24, 2.45) is 0 Å². The fraction of sp³-hybridized carbons (Fsp3) is 0.625. The summed E-state index contributed by atoms with van der Waals surface area (Å²) in [7, 11) is 1.87. The lowest BCUT2D eigenvalue weighted by Crippen LogP contribution is -2.57. The molecule has 2 atom stereocenters. The minimum absolute atomic E-state index is 0.0315. The van der Waals surface area contributed by atoms with Crippen LogP contribution in [0.2, 0.25) is 0 Å². The number of rotatable bonds is 3. The van der Waals surface area contributed by atoms with Gasteiger partial charge in [-0.25, -0.2) is 0 Å². The van der Waals surface area contributed by atoms with E-state index in [4.69, 9.17) is 14.2 Å². The highest BCUT2D eigenvalue weighted by atomic mass is 16.6. The number of hydrogen-bond donors (Lipinski definition) is 2. The SMILES string of the molecule is CN(CCO)C1C(O)c2cc3c(cc2OC1(C)C)OCCO3. The average molecular weight is 309 g/mol. The van der Waals surface area contributed by atoms with E-state index in [1.165, 1.54) is 0 Å². The first kappa shape index (κ1) is 15.4. The molecular formula is C16H23NO5. The van der Waals surface area contributed by atoms with Gasteiger partial charge in [-0.05, 0) is 27.0 Å². The van der Waals surface area contributed by atoms with Gasteiger partial charge in [0.2, 0.25) is 0 Å². The molecule has 2 N–H and O–H groups in total. The third-order valence-electron chi connectivity index (χ3n) is 4.31. The molecule has 0 radical (unpaired) electrons. The lowest BCUT2D eigenvalue weighted by atomic mass is 9.85. The number of nitrogens with zero attached hydrogens (tertiary/aromatic N) is 1. The highest BCUT2D eigenvalue weighted by Crippen LogP contribution is 2.46. The molecule has 22 heavy (non-hydrogen) atoms. The zero-order valence-electron chi connectivity index (χ0n) is 13.2. The van der Waals surface area contributed by atoms with E-state index in [0.29, 0.717) is 42.6 Å². The van der Waals surface area contributed by atoms with E-state index in [-0.39, 0.29) is 12.6 Å². The summed E-state index contributed by atoms with van der Waals surface area (Å²) in [5.41, 5.74) is 0.0958. The molecule has 0 bridgehead atoms. The minimum atomic E-state index is -0.730. The Labute approximate surface area is 130 Å². The first-order valence-corrected chi connectivity index (χ1v) is 7.56. The number of aliphatic hydroxyl groups excluding tert-OH is 2. The van der Waals surface area contributed by atoms with Crippen LogP contribution < -0.4 is 14.2 Å². The quantitative estimate of drug-likeness (QED) is 0.866. The van der Waals surface area contributed by atoms with E-state index < -0.39 is 11.7 Å². The normalized spacial score (nSPS) is 25.5. The Bertz CT molecular complexity index is 560. The third-order valence-corrected chi connectivity index (χ3v) is 4.31. The van der Waals surface area contributed by atoms with E-state index in [1.807, 2.05) is 25.8 Å². The highest BCUT2D eigenvalue weighted by molar-refractivity contribution is 5.53. The number of benzene rings is 1. The van der Waals surface area contributed by atoms with Crippen LogP contribution >= 0.6 is 0 Å². The standard InChI is InChI=1S/C16H23NO5/c1-16(2)15(17(3)4-5-18)14(19)10-8-12-13(9-11(10)22-16)21-7-6-20-12/h8-9,14-15,18-19H,4-7H2,1-3H3. The highest BCUT2D eigenvalue weighted by Gasteiger charge is 2.46. The maximum absolute atomic E-state index is 10.9. The van der Waals surface area contributed by atoms with Gasteiger partial charge in [-0.3, -0.25) is 4.90 Å². The predicted molar refractivity (Wildman–Crippen MR) is 80.6 cm³/mol. The molecule has 2 heterocycles. The molecule has 6 heteroatoms. The molecule has 0 saturated carbocycles. The third kappa shape index (κ3) is 2.51. The van der Waals surface area contributed by atoms with Crippen LogP contribution in [0.1, 0.15) is 25.5 Å². The molecule has 0 saturated heterocycles. The van der Waals surface area contributed by atoms with Crippen LogP contribution in [0.4, 0.5) is 0 Å². The molecule has 2 unspecified atom stereocenters. The summed E-state index contributed by atoms with van der Waals surface area (Å²) < 4.78 is 17.3. The number of ether oxygens (including phenoxy) is 3. The monoisotopic (exact) mass is 309 g/mol. The molecule has 6 nitrogen and oxygen atoms in total. The fourth-order valence-corrected chi connectivity index (χ4v) is 3.37. The molecule has 1 aromatic carbocycles. The minimum Gasteiger partial charge on any atom is -0.486 e. The number of hydrogen-bond acceptors (Lipinski definition) is 6. The Hall–Kier alpha value is -1.50. The van der Waals surface area contributed by atoms with Gasteiger partial charge in [-0.1, -0.05) is 0 Å². The van der Waals surface area contributed by atoms with Gasteiger partial charge in [0.1, 0.15) is 30.7 Å². The van der Waals surface area contributed by atoms with Gasteiger partial charge in [-0.2, -0.15) is 0 Å². The van der Waals surface area contributed by atoms with Crippen LogP contribution in [0, 0.1) is 0 Å². The van der Waals surface area contributed by atoms with Crippen molar-refractivity contribution < 1.29 is 24.4 Å². The van der Waals surface area contributed by atoms with Crippen molar-refractivity contribution in [2.75, 3.05) is 33.4 Å². The van der Waals surface area contributed by atoms with Gasteiger partial charge in [0, 0.05) is 18.2 Å². The van der Waals surface area contributed by atoms with Gasteiger partial charge < -0.3 is 24.4 Å². The van der Waals surface area contributed by atoms with E-state index in [9.17, 15) is 10.2 Å². The molecule has 3 rings (SSSR count). The van der Waals surface area contributed by atoms with Crippen LogP contribution in [0.5, 0.6) is 17.2 Å². The first-order valence-electron chi connectivity index (χ1n) is 7.56. The van der Waals surface area contributed by atoms with Crippen LogP contribution in [0.15, 0.2) is 12.1 Å². The van der Waals surface area contributed by atoms with Crippen molar-refractivity contribution in [3.8, 4) is 17.2 Å². The molecule has 0 fully saturated rings. The first-order chi connectivity index (χ1) is 10.4. The number of fused-ring (bicyclic) bond motifs is 2. The Morgan fingerprint density at radius 2 is 1.82 bits per heavy atom. The largest absolute Gasteiger partial charge is 0.486 e. The van der Waals surface area contributed by atoms with Crippen LogP contribution in [-0.4, -0.2) is 60.2 Å². The summed E-state index contributed by atoms with van der Waals surface area (Å²) in [6.45, 7) is 5.39. The van der Waals surface area contributed by atoms with Gasteiger partial charge in [0.05, 0.1) is 12.6 Å². The zero-order chi connectivity index (χ0) is 15.9. The van der Waals surface area contributed by atoms with E-state index in [1.54, 1.807) is 12.1 Å². The van der Waals surface area contributed by atoms with Gasteiger partial charge in [0.25, 0.3) is 0 Å². The predicted octanol–water partition coefficient (Wildman–Crippen LogP) is 0.955. The van der Waals surface area contributed by atoms with Crippen molar-refractivity contribution >= 4 is 0 Å². The summed E-state index contributed by atoms with van der Waals surface area (Å²) in [6, 6.07) is 3.32. The molecule has 2 aliphatic heterocycles. The summed E-state index contributed by atoms with van der Waals surface area (Å²) in [5, 5.41) is 20.0. The topological polar surface area (TPSA) is 71.4 Å². The molecule has 0 spiro atoms. The second-order valence-electron chi connectivity index (χ2n) is 6.33. The van der Waals surface area contributed by atoms with E-state index in [2.05, 4.69) is 0 Å². The van der Waals surface area contributed by atoms with Crippen molar-refractivity contribution in [1.82, 2.24) is 4.90 Å². The fourth-order valence-electron chi connectivity index (χ4n) is 3.37. The van der Waals surface area contributed by atoms with Crippen molar-refractivity contribution in [3.63, 3.8) is 0 Å². The number of likely N-dealkylation sites (N-methyl/N-ethyl adjacent to an activating group) is 1. The molecule has 0 aliphatic carbocycles. The van der Waals surface area contributed by atoms with Crippen LogP contribution in [-0.2, 0) is 0 Å². The molecular weight excluding hydrogens is 286 g/mol. The molecule has 0 aromatic heterocycles. The van der Waals surface area contributed by atoms with Crippen LogP contribution in [0.3, 0.4) is 0 Å². The summed E-state index contributed by atoms with van der Waals surface area (Å²) in [4.78, 5) is 1.92. The maximum atomic E-state index is 10.9. The lowest BCUT2D eigenvalue weighted by molar-refractivity contribution is -0.0776. The van der Waals surface area contributed by atoms with E-state index in [0.717, 1.165) is 0 Å². The van der Waals surface area contributed by atoms with Crippen molar-refractivity contribution in [2.45, 2.75) is 31.6 Å². The summed E-state index contributed by atoms with van der Waals surface area (Å²) in [6.07, 6.45) is -0.730. The van der Waals surface area contributed by atoms with Crippen LogP contribution in [0.25, 0.3) is 0 Å². The zero-order valence-corrected chi connectivity index (χ0v) is 13.2. The Morgan fingerprint density at radius 1 is 1.18 bits per heavy atom. The van der Waals surface area contributed by atoms with Crippen molar-refractivity contribution in [3.05, 3.63) is 17.7 Å². The summed E-state index contributed by atoms with van der Waals surface area (Å²) in [5.74, 6) is 1.90.